The first-order chi connectivity index (χ1) is 11.3. The van der Waals surface area contributed by atoms with Gasteiger partial charge in [0.1, 0.15) is 5.75 Å². The first kappa shape index (κ1) is 19.2. The van der Waals surface area contributed by atoms with Crippen LogP contribution in [0.2, 0.25) is 0 Å². The third-order valence-corrected chi connectivity index (χ3v) is 6.21. The maximum atomic E-state index is 12.6. The second kappa shape index (κ2) is 8.32. The Hall–Kier alpha value is -1.11. The highest BCUT2D eigenvalue weighted by atomic mass is 32.2. The van der Waals surface area contributed by atoms with E-state index in [0.717, 1.165) is 18.7 Å². The third-order valence-electron chi connectivity index (χ3n) is 4.79. The summed E-state index contributed by atoms with van der Waals surface area (Å²) in [5, 5.41) is 0. The number of likely N-dealkylation sites (tertiary alicyclic amines) is 1. The molecule has 1 fully saturated rings. The Morgan fingerprint density at radius 2 is 1.88 bits per heavy atom. The van der Waals surface area contributed by atoms with E-state index < -0.39 is 10.0 Å². The first-order valence-electron chi connectivity index (χ1n) is 8.73. The molecule has 0 spiro atoms. The highest BCUT2D eigenvalue weighted by molar-refractivity contribution is 7.89. The van der Waals surface area contributed by atoms with Crippen LogP contribution >= 0.6 is 0 Å². The summed E-state index contributed by atoms with van der Waals surface area (Å²) in [6, 6.07) is 5.19. The van der Waals surface area contributed by atoms with Crippen molar-refractivity contribution in [1.29, 1.82) is 0 Å². The van der Waals surface area contributed by atoms with Crippen LogP contribution in [0.5, 0.6) is 5.75 Å². The number of ether oxygens (including phenoxy) is 1. The van der Waals surface area contributed by atoms with Crippen LogP contribution in [0, 0.1) is 12.8 Å². The minimum atomic E-state index is -3.51. The number of hydrogen-bond acceptors (Lipinski definition) is 4. The van der Waals surface area contributed by atoms with Crippen LogP contribution in [0.25, 0.3) is 0 Å². The predicted molar refractivity (Wildman–Crippen MR) is 97.0 cm³/mol. The standard InChI is InChI=1S/C18H30N2O3S/c1-14(2)17(20-10-6-5-7-11-20)13-19-24(21,22)16-8-9-18(23-4)15(3)12-16/h8-9,12,14,17,19H,5-7,10-11,13H2,1-4H3. The molecule has 1 aliphatic rings. The van der Waals surface area contributed by atoms with Crippen LogP contribution in [0.1, 0.15) is 38.7 Å². The van der Waals surface area contributed by atoms with E-state index in [2.05, 4.69) is 23.5 Å². The van der Waals surface area contributed by atoms with Crippen molar-refractivity contribution in [2.24, 2.45) is 5.92 Å². The maximum absolute atomic E-state index is 12.6. The fraction of sp³-hybridized carbons (Fsp3) is 0.667. The van der Waals surface area contributed by atoms with Gasteiger partial charge in [-0.25, -0.2) is 13.1 Å². The summed E-state index contributed by atoms with van der Waals surface area (Å²) in [6.07, 6.45) is 3.68. The zero-order valence-corrected chi connectivity index (χ0v) is 16.0. The van der Waals surface area contributed by atoms with E-state index in [-0.39, 0.29) is 6.04 Å². The number of sulfonamides is 1. The van der Waals surface area contributed by atoms with Crippen molar-refractivity contribution in [2.45, 2.75) is 51.0 Å². The van der Waals surface area contributed by atoms with Gasteiger partial charge in [-0.3, -0.25) is 4.90 Å². The number of nitrogens with one attached hydrogen (secondary N) is 1. The fourth-order valence-electron chi connectivity index (χ4n) is 3.33. The van der Waals surface area contributed by atoms with Crippen LogP contribution in [-0.4, -0.2) is 46.1 Å². The Morgan fingerprint density at radius 3 is 2.42 bits per heavy atom. The Kier molecular flexibility index (Phi) is 6.66. The quantitative estimate of drug-likeness (QED) is 0.818. The summed E-state index contributed by atoms with van der Waals surface area (Å²) in [5.74, 6) is 1.10. The highest BCUT2D eigenvalue weighted by Crippen LogP contribution is 2.22. The van der Waals surface area contributed by atoms with Crippen molar-refractivity contribution in [3.63, 3.8) is 0 Å². The SMILES string of the molecule is COc1ccc(S(=O)(=O)NCC(C(C)C)N2CCCCC2)cc1C. The first-order valence-corrected chi connectivity index (χ1v) is 10.2. The van der Waals surface area contributed by atoms with Gasteiger partial charge < -0.3 is 4.74 Å². The van der Waals surface area contributed by atoms with Gasteiger partial charge in [0.15, 0.2) is 0 Å². The van der Waals surface area contributed by atoms with Crippen molar-refractivity contribution in [2.75, 3.05) is 26.7 Å². The Balaban J connectivity index is 2.08. The van der Waals surface area contributed by atoms with Gasteiger partial charge in [-0.05, 0) is 62.5 Å². The summed E-state index contributed by atoms with van der Waals surface area (Å²) in [7, 11) is -1.92. The van der Waals surface area contributed by atoms with Crippen LogP contribution in [0.15, 0.2) is 23.1 Å². The van der Waals surface area contributed by atoms with Crippen molar-refractivity contribution < 1.29 is 13.2 Å². The number of rotatable bonds is 7. The third kappa shape index (κ3) is 4.71. The lowest BCUT2D eigenvalue weighted by Gasteiger charge is -2.37. The van der Waals surface area contributed by atoms with Gasteiger partial charge in [0, 0.05) is 12.6 Å². The molecular formula is C18H30N2O3S. The molecule has 1 aromatic rings. The average Bonchev–Trinajstić information content (AvgIpc) is 2.55. The van der Waals surface area contributed by atoms with Crippen molar-refractivity contribution in [3.8, 4) is 5.75 Å². The van der Waals surface area contributed by atoms with Gasteiger partial charge in [-0.2, -0.15) is 0 Å². The molecule has 0 radical (unpaired) electrons. The van der Waals surface area contributed by atoms with Gasteiger partial charge in [-0.15, -0.1) is 0 Å². The lowest BCUT2D eigenvalue weighted by Crippen LogP contribution is -2.48. The molecule has 6 heteroatoms. The van der Waals surface area contributed by atoms with E-state index in [9.17, 15) is 8.42 Å². The number of nitrogens with zero attached hydrogens (tertiary/aromatic N) is 1. The summed E-state index contributed by atoms with van der Waals surface area (Å²) < 4.78 is 33.3. The molecule has 1 atom stereocenters. The molecule has 0 aliphatic carbocycles. The molecule has 1 aromatic carbocycles. The van der Waals surface area contributed by atoms with Crippen LogP contribution < -0.4 is 9.46 Å². The minimum Gasteiger partial charge on any atom is -0.496 e. The molecule has 24 heavy (non-hydrogen) atoms. The van der Waals surface area contributed by atoms with Gasteiger partial charge >= 0.3 is 0 Å². The van der Waals surface area contributed by atoms with Crippen molar-refractivity contribution in [3.05, 3.63) is 23.8 Å². The summed E-state index contributed by atoms with van der Waals surface area (Å²) in [6.45, 7) is 8.74. The van der Waals surface area contributed by atoms with Gasteiger partial charge in [0.25, 0.3) is 0 Å². The van der Waals surface area contributed by atoms with E-state index in [1.54, 1.807) is 25.3 Å². The predicted octanol–water partition coefficient (Wildman–Crippen LogP) is 2.79. The maximum Gasteiger partial charge on any atom is 0.240 e. The topological polar surface area (TPSA) is 58.6 Å². The average molecular weight is 355 g/mol. The van der Waals surface area contributed by atoms with Crippen LogP contribution in [-0.2, 0) is 10.0 Å². The molecular weight excluding hydrogens is 324 g/mol. The van der Waals surface area contributed by atoms with Crippen LogP contribution in [0.3, 0.4) is 0 Å². The number of benzene rings is 1. The Bertz CT molecular complexity index is 638. The number of hydrogen-bond donors (Lipinski definition) is 1. The Morgan fingerprint density at radius 1 is 1.21 bits per heavy atom. The smallest absolute Gasteiger partial charge is 0.240 e. The lowest BCUT2D eigenvalue weighted by atomic mass is 9.99. The zero-order chi connectivity index (χ0) is 17.7. The monoisotopic (exact) mass is 354 g/mol. The molecule has 136 valence electrons. The molecule has 0 amide bonds. The second-order valence-corrected chi connectivity index (χ2v) is 8.66. The minimum absolute atomic E-state index is 0.236. The van der Waals surface area contributed by atoms with Crippen molar-refractivity contribution >= 4 is 10.0 Å². The largest absolute Gasteiger partial charge is 0.496 e. The molecule has 0 saturated carbocycles. The van der Waals surface area contributed by atoms with Gasteiger partial charge in [0.2, 0.25) is 10.0 Å². The summed E-state index contributed by atoms with van der Waals surface area (Å²) >= 11 is 0. The molecule has 0 bridgehead atoms. The van der Waals surface area contributed by atoms with Gasteiger partial charge in [0.05, 0.1) is 12.0 Å². The van der Waals surface area contributed by atoms with Gasteiger partial charge in [-0.1, -0.05) is 20.3 Å². The molecule has 1 saturated heterocycles. The Labute approximate surface area is 146 Å². The molecule has 1 unspecified atom stereocenters. The van der Waals surface area contributed by atoms with Crippen LogP contribution in [0.4, 0.5) is 0 Å². The van der Waals surface area contributed by atoms with E-state index in [1.165, 1.54) is 19.3 Å². The molecule has 1 N–H and O–H groups in total. The molecule has 1 aliphatic heterocycles. The fourth-order valence-corrected chi connectivity index (χ4v) is 4.47. The molecule has 1 heterocycles. The van der Waals surface area contributed by atoms with E-state index in [1.807, 2.05) is 6.92 Å². The molecule has 0 aromatic heterocycles. The summed E-state index contributed by atoms with van der Waals surface area (Å²) in [5.41, 5.74) is 0.816. The zero-order valence-electron chi connectivity index (χ0n) is 15.2. The normalized spacial score (nSPS) is 17.9. The summed E-state index contributed by atoms with van der Waals surface area (Å²) in [4.78, 5) is 2.72. The van der Waals surface area contributed by atoms with E-state index in [4.69, 9.17) is 4.74 Å². The highest BCUT2D eigenvalue weighted by Gasteiger charge is 2.25. The lowest BCUT2D eigenvalue weighted by molar-refractivity contribution is 0.130. The van der Waals surface area contributed by atoms with E-state index in [0.29, 0.717) is 23.1 Å². The number of aryl methyl sites for hydroxylation is 1. The number of piperidine rings is 1. The molecule has 5 nitrogen and oxygen atoms in total. The molecule has 2 rings (SSSR count). The van der Waals surface area contributed by atoms with Crippen molar-refractivity contribution in [1.82, 2.24) is 9.62 Å². The second-order valence-electron chi connectivity index (χ2n) is 6.89. The number of methoxy groups -OCH3 is 1. The van der Waals surface area contributed by atoms with E-state index >= 15 is 0 Å².